The molecule has 9 heteroatoms. The maximum atomic E-state index is 12.5. The summed E-state index contributed by atoms with van der Waals surface area (Å²) in [6.45, 7) is 3.35. The van der Waals surface area contributed by atoms with Gasteiger partial charge in [0.05, 0.1) is 29.3 Å². The van der Waals surface area contributed by atoms with Crippen LogP contribution in [0.4, 0.5) is 0 Å². The topological polar surface area (TPSA) is 105 Å². The van der Waals surface area contributed by atoms with Crippen molar-refractivity contribution < 1.29 is 22.7 Å². The molecule has 0 saturated heterocycles. The molecule has 0 aliphatic rings. The first-order valence-electron chi connectivity index (χ1n) is 7.80. The molecule has 0 saturated carbocycles. The second-order valence-corrected chi connectivity index (χ2v) is 7.88. The Morgan fingerprint density at radius 2 is 1.85 bits per heavy atom. The van der Waals surface area contributed by atoms with Gasteiger partial charge in [-0.15, -0.1) is 0 Å². The maximum absolute atomic E-state index is 12.5. The minimum absolute atomic E-state index is 0.000331. The van der Waals surface area contributed by atoms with Crippen LogP contribution in [0, 0.1) is 11.3 Å². The molecule has 0 heterocycles. The zero-order valence-corrected chi connectivity index (χ0v) is 16.4. The van der Waals surface area contributed by atoms with Crippen LogP contribution in [-0.2, 0) is 10.0 Å². The van der Waals surface area contributed by atoms with Gasteiger partial charge in [-0.2, -0.15) is 5.26 Å². The van der Waals surface area contributed by atoms with Crippen molar-refractivity contribution >= 4 is 27.6 Å². The lowest BCUT2D eigenvalue weighted by molar-refractivity contribution is 0.0734. The fraction of sp³-hybridized carbons (Fsp3) is 0.222. The van der Waals surface area contributed by atoms with E-state index in [1.54, 1.807) is 13.8 Å². The number of carbonyl (C=O) groups excluding carboxylic acids is 1. The molecule has 0 unspecified atom stereocenters. The van der Waals surface area contributed by atoms with E-state index in [0.29, 0.717) is 5.56 Å². The van der Waals surface area contributed by atoms with Gasteiger partial charge in [0.25, 0.3) is 0 Å². The van der Waals surface area contributed by atoms with Crippen LogP contribution >= 0.6 is 11.6 Å². The molecule has 0 atom stereocenters. The molecule has 142 valence electrons. The van der Waals surface area contributed by atoms with E-state index in [4.69, 9.17) is 26.3 Å². The Bertz CT molecular complexity index is 1010. The number of esters is 1. The number of rotatable bonds is 6. The molecule has 2 aromatic rings. The molecule has 0 aliphatic heterocycles. The normalized spacial score (nSPS) is 11.1. The van der Waals surface area contributed by atoms with Crippen LogP contribution in [0.15, 0.2) is 41.3 Å². The SMILES string of the molecule is COc1ccc(C(=O)Oc2ccc(C#N)cc2Cl)cc1S(=O)(=O)NC(C)C. The average Bonchev–Trinajstić information content (AvgIpc) is 2.61. The van der Waals surface area contributed by atoms with Gasteiger partial charge in [-0.25, -0.2) is 17.9 Å². The van der Waals surface area contributed by atoms with Crippen LogP contribution in [0.1, 0.15) is 29.8 Å². The van der Waals surface area contributed by atoms with Gasteiger partial charge in [0, 0.05) is 6.04 Å². The molecular weight excluding hydrogens is 392 g/mol. The number of hydrogen-bond donors (Lipinski definition) is 1. The van der Waals surface area contributed by atoms with Crippen molar-refractivity contribution in [3.8, 4) is 17.6 Å². The van der Waals surface area contributed by atoms with Crippen LogP contribution in [0.3, 0.4) is 0 Å². The highest BCUT2D eigenvalue weighted by Gasteiger charge is 2.23. The van der Waals surface area contributed by atoms with Gasteiger partial charge in [0.1, 0.15) is 16.4 Å². The molecule has 0 bridgehead atoms. The monoisotopic (exact) mass is 408 g/mol. The summed E-state index contributed by atoms with van der Waals surface area (Å²) < 4.78 is 37.7. The number of halogens is 1. The molecule has 2 rings (SSSR count). The van der Waals surface area contributed by atoms with E-state index in [2.05, 4.69) is 4.72 Å². The summed E-state index contributed by atoms with van der Waals surface area (Å²) in [5, 5.41) is 8.93. The summed E-state index contributed by atoms with van der Waals surface area (Å²) in [4.78, 5) is 12.2. The first-order valence-corrected chi connectivity index (χ1v) is 9.66. The number of nitrogens with zero attached hydrogens (tertiary/aromatic N) is 1. The van der Waals surface area contributed by atoms with Crippen molar-refractivity contribution in [1.82, 2.24) is 4.72 Å². The molecule has 7 nitrogen and oxygen atoms in total. The third-order valence-corrected chi connectivity index (χ3v) is 5.32. The fourth-order valence-corrected chi connectivity index (χ4v) is 3.86. The van der Waals surface area contributed by atoms with Crippen LogP contribution in [0.5, 0.6) is 11.5 Å². The molecule has 2 aromatic carbocycles. The van der Waals surface area contributed by atoms with Gasteiger partial charge in [-0.1, -0.05) is 11.6 Å². The molecule has 0 radical (unpaired) electrons. The standard InChI is InChI=1S/C18H17ClN2O5S/c1-11(2)21-27(23,24)17-9-13(5-7-16(17)25-3)18(22)26-15-6-4-12(10-20)8-14(15)19/h4-9,11,21H,1-3H3. The maximum Gasteiger partial charge on any atom is 0.343 e. The van der Waals surface area contributed by atoms with Gasteiger partial charge in [-0.3, -0.25) is 0 Å². The van der Waals surface area contributed by atoms with Crippen LogP contribution in [-0.4, -0.2) is 27.5 Å². The number of carbonyl (C=O) groups is 1. The average molecular weight is 409 g/mol. The van der Waals surface area contributed by atoms with E-state index in [1.807, 2.05) is 6.07 Å². The molecule has 0 aliphatic carbocycles. The van der Waals surface area contributed by atoms with E-state index in [-0.39, 0.29) is 33.0 Å². The van der Waals surface area contributed by atoms with E-state index in [1.165, 1.54) is 43.5 Å². The van der Waals surface area contributed by atoms with Crippen molar-refractivity contribution in [2.45, 2.75) is 24.8 Å². The lowest BCUT2D eigenvalue weighted by Crippen LogP contribution is -2.30. The Kier molecular flexibility index (Phi) is 6.44. The van der Waals surface area contributed by atoms with Crippen molar-refractivity contribution in [1.29, 1.82) is 5.26 Å². The zero-order valence-electron chi connectivity index (χ0n) is 14.8. The summed E-state index contributed by atoms with van der Waals surface area (Å²) in [6.07, 6.45) is 0. The second kappa shape index (κ2) is 8.39. The highest BCUT2D eigenvalue weighted by Crippen LogP contribution is 2.28. The van der Waals surface area contributed by atoms with E-state index in [0.717, 1.165) is 0 Å². The summed E-state index contributed by atoms with van der Waals surface area (Å²) in [5.41, 5.74) is 0.317. The van der Waals surface area contributed by atoms with Gasteiger partial charge >= 0.3 is 5.97 Å². The Labute approximate surface area is 162 Å². The third-order valence-electron chi connectivity index (χ3n) is 3.34. The Morgan fingerprint density at radius 1 is 1.19 bits per heavy atom. The minimum atomic E-state index is -3.89. The molecule has 0 amide bonds. The molecule has 0 spiro atoms. The van der Waals surface area contributed by atoms with E-state index >= 15 is 0 Å². The van der Waals surface area contributed by atoms with Crippen LogP contribution in [0.2, 0.25) is 5.02 Å². The third kappa shape index (κ3) is 4.98. The zero-order chi connectivity index (χ0) is 20.2. The smallest absolute Gasteiger partial charge is 0.343 e. The predicted molar refractivity (Wildman–Crippen MR) is 99.6 cm³/mol. The lowest BCUT2D eigenvalue weighted by Gasteiger charge is -2.14. The Morgan fingerprint density at radius 3 is 2.41 bits per heavy atom. The van der Waals surface area contributed by atoms with E-state index in [9.17, 15) is 13.2 Å². The van der Waals surface area contributed by atoms with Crippen molar-refractivity contribution in [3.05, 3.63) is 52.5 Å². The Balaban J connectivity index is 2.38. The van der Waals surface area contributed by atoms with Gasteiger partial charge in [0.2, 0.25) is 10.0 Å². The number of sulfonamides is 1. The highest BCUT2D eigenvalue weighted by atomic mass is 35.5. The molecule has 1 N–H and O–H groups in total. The molecular formula is C18H17ClN2O5S. The fourth-order valence-electron chi connectivity index (χ4n) is 2.20. The quantitative estimate of drug-likeness (QED) is 0.581. The minimum Gasteiger partial charge on any atom is -0.495 e. The van der Waals surface area contributed by atoms with Gasteiger partial charge < -0.3 is 9.47 Å². The number of nitrogens with one attached hydrogen (secondary N) is 1. The van der Waals surface area contributed by atoms with Crippen molar-refractivity contribution in [2.75, 3.05) is 7.11 Å². The van der Waals surface area contributed by atoms with Crippen molar-refractivity contribution in [2.24, 2.45) is 0 Å². The molecule has 0 aromatic heterocycles. The van der Waals surface area contributed by atoms with Crippen LogP contribution < -0.4 is 14.2 Å². The predicted octanol–water partition coefficient (Wildman–Crippen LogP) is 3.13. The molecule has 0 fully saturated rings. The summed E-state index contributed by atoms with van der Waals surface area (Å²) in [7, 11) is -2.56. The number of ether oxygens (including phenoxy) is 2. The lowest BCUT2D eigenvalue weighted by atomic mass is 10.2. The Hall–Kier alpha value is -2.60. The first-order chi connectivity index (χ1) is 12.7. The number of benzene rings is 2. The summed E-state index contributed by atoms with van der Waals surface area (Å²) in [6, 6.07) is 9.70. The summed E-state index contributed by atoms with van der Waals surface area (Å²) in [5.74, 6) is -0.650. The largest absolute Gasteiger partial charge is 0.495 e. The molecule has 27 heavy (non-hydrogen) atoms. The number of hydrogen-bond acceptors (Lipinski definition) is 6. The van der Waals surface area contributed by atoms with E-state index < -0.39 is 16.0 Å². The van der Waals surface area contributed by atoms with Gasteiger partial charge in [0.15, 0.2) is 0 Å². The number of methoxy groups -OCH3 is 1. The summed E-state index contributed by atoms with van der Waals surface area (Å²) >= 11 is 5.99. The van der Waals surface area contributed by atoms with Gasteiger partial charge in [-0.05, 0) is 50.2 Å². The second-order valence-electron chi connectivity index (χ2n) is 5.79. The van der Waals surface area contributed by atoms with Crippen molar-refractivity contribution in [3.63, 3.8) is 0 Å². The number of nitriles is 1. The highest BCUT2D eigenvalue weighted by molar-refractivity contribution is 7.89. The first kappa shape index (κ1) is 20.7. The van der Waals surface area contributed by atoms with Crippen LogP contribution in [0.25, 0.3) is 0 Å².